The number of hydrogen-bond acceptors (Lipinski definition) is 2. The van der Waals surface area contributed by atoms with Gasteiger partial charge in [0.1, 0.15) is 0 Å². The first-order valence-corrected chi connectivity index (χ1v) is 6.65. The molecule has 3 heteroatoms. The van der Waals surface area contributed by atoms with Crippen LogP contribution < -0.4 is 5.32 Å². The maximum absolute atomic E-state index is 12.1. The van der Waals surface area contributed by atoms with E-state index in [0.717, 1.165) is 25.1 Å². The van der Waals surface area contributed by atoms with E-state index in [2.05, 4.69) is 31.1 Å². The lowest BCUT2D eigenvalue weighted by molar-refractivity contribution is 0.0938. The van der Waals surface area contributed by atoms with Crippen LogP contribution in [0.3, 0.4) is 0 Å². The second-order valence-corrected chi connectivity index (χ2v) is 5.50. The average Bonchev–Trinajstić information content (AvgIpc) is 2.75. The number of carbonyl (C=O) groups is 1. The molecular formula is C15H22N2O. The Kier molecular flexibility index (Phi) is 4.02. The Balaban J connectivity index is 1.96. The molecule has 0 bridgehead atoms. The van der Waals surface area contributed by atoms with E-state index in [1.165, 1.54) is 5.56 Å². The van der Waals surface area contributed by atoms with Gasteiger partial charge in [-0.2, -0.15) is 0 Å². The minimum atomic E-state index is 0.0469. The molecule has 1 amide bonds. The smallest absolute Gasteiger partial charge is 0.251 e. The highest BCUT2D eigenvalue weighted by molar-refractivity contribution is 5.94. The lowest BCUT2D eigenvalue weighted by atomic mass is 10.0. The predicted octanol–water partition coefficient (Wildman–Crippen LogP) is 2.24. The fourth-order valence-corrected chi connectivity index (χ4v) is 2.34. The Labute approximate surface area is 109 Å². The van der Waals surface area contributed by atoms with Crippen LogP contribution in [0.1, 0.15) is 42.1 Å². The Morgan fingerprint density at radius 1 is 1.33 bits per heavy atom. The molecule has 3 nitrogen and oxygen atoms in total. The summed E-state index contributed by atoms with van der Waals surface area (Å²) in [6.07, 6.45) is 1.05. The summed E-state index contributed by atoms with van der Waals surface area (Å²) in [5.74, 6) is 0.552. The van der Waals surface area contributed by atoms with Crippen molar-refractivity contribution in [2.24, 2.45) is 0 Å². The van der Waals surface area contributed by atoms with E-state index in [1.54, 1.807) is 0 Å². The fourth-order valence-electron chi connectivity index (χ4n) is 2.34. The first-order chi connectivity index (χ1) is 8.56. The molecule has 0 spiro atoms. The molecule has 0 aliphatic carbocycles. The van der Waals surface area contributed by atoms with E-state index in [1.807, 2.05) is 24.3 Å². The van der Waals surface area contributed by atoms with E-state index in [0.29, 0.717) is 12.0 Å². The maximum Gasteiger partial charge on any atom is 0.251 e. The van der Waals surface area contributed by atoms with Crippen molar-refractivity contribution in [2.45, 2.75) is 32.2 Å². The molecule has 0 saturated carbocycles. The van der Waals surface area contributed by atoms with E-state index in [4.69, 9.17) is 0 Å². The van der Waals surface area contributed by atoms with Crippen LogP contribution in [0.25, 0.3) is 0 Å². The van der Waals surface area contributed by atoms with Gasteiger partial charge in [-0.05, 0) is 43.6 Å². The van der Waals surface area contributed by atoms with E-state index in [-0.39, 0.29) is 5.91 Å². The van der Waals surface area contributed by atoms with Crippen LogP contribution in [0.5, 0.6) is 0 Å². The summed E-state index contributed by atoms with van der Waals surface area (Å²) in [5.41, 5.74) is 2.03. The largest absolute Gasteiger partial charge is 0.348 e. The quantitative estimate of drug-likeness (QED) is 0.887. The molecule has 1 saturated heterocycles. The van der Waals surface area contributed by atoms with Gasteiger partial charge in [0.25, 0.3) is 5.91 Å². The second kappa shape index (κ2) is 5.53. The molecule has 1 heterocycles. The number of likely N-dealkylation sites (N-methyl/N-ethyl adjacent to an activating group) is 1. The van der Waals surface area contributed by atoms with Crippen LogP contribution in [-0.4, -0.2) is 37.0 Å². The van der Waals surface area contributed by atoms with Crippen LogP contribution in [0.15, 0.2) is 24.3 Å². The summed E-state index contributed by atoms with van der Waals surface area (Å²) >= 11 is 0. The predicted molar refractivity (Wildman–Crippen MR) is 73.9 cm³/mol. The Bertz CT molecular complexity index is 411. The van der Waals surface area contributed by atoms with Crippen LogP contribution in [-0.2, 0) is 0 Å². The highest BCUT2D eigenvalue weighted by Crippen LogP contribution is 2.15. The third-order valence-electron chi connectivity index (χ3n) is 3.57. The Morgan fingerprint density at radius 3 is 2.50 bits per heavy atom. The van der Waals surface area contributed by atoms with Crippen LogP contribution in [0, 0.1) is 0 Å². The van der Waals surface area contributed by atoms with Crippen molar-refractivity contribution in [3.8, 4) is 0 Å². The van der Waals surface area contributed by atoms with Gasteiger partial charge in [-0.15, -0.1) is 0 Å². The van der Waals surface area contributed by atoms with Gasteiger partial charge in [-0.25, -0.2) is 0 Å². The Morgan fingerprint density at radius 2 is 2.00 bits per heavy atom. The lowest BCUT2D eigenvalue weighted by Gasteiger charge is -2.13. The molecule has 1 aromatic rings. The summed E-state index contributed by atoms with van der Waals surface area (Å²) in [5, 5.41) is 3.09. The fraction of sp³-hybridized carbons (Fsp3) is 0.533. The van der Waals surface area contributed by atoms with Crippen molar-refractivity contribution in [1.29, 1.82) is 0 Å². The monoisotopic (exact) mass is 246 g/mol. The summed E-state index contributed by atoms with van der Waals surface area (Å²) in [7, 11) is 2.09. The van der Waals surface area contributed by atoms with Gasteiger partial charge >= 0.3 is 0 Å². The van der Waals surface area contributed by atoms with Gasteiger partial charge in [-0.3, -0.25) is 4.79 Å². The van der Waals surface area contributed by atoms with Crippen molar-refractivity contribution in [1.82, 2.24) is 10.2 Å². The second-order valence-electron chi connectivity index (χ2n) is 5.50. The molecule has 2 rings (SSSR count). The Hall–Kier alpha value is -1.35. The summed E-state index contributed by atoms with van der Waals surface area (Å²) in [4.78, 5) is 14.3. The van der Waals surface area contributed by atoms with E-state index >= 15 is 0 Å². The zero-order valence-corrected chi connectivity index (χ0v) is 11.4. The summed E-state index contributed by atoms with van der Waals surface area (Å²) in [6, 6.07) is 8.22. The van der Waals surface area contributed by atoms with Crippen molar-refractivity contribution in [3.05, 3.63) is 35.4 Å². The average molecular weight is 246 g/mol. The van der Waals surface area contributed by atoms with Crippen LogP contribution >= 0.6 is 0 Å². The van der Waals surface area contributed by atoms with Crippen molar-refractivity contribution in [2.75, 3.05) is 20.1 Å². The number of nitrogens with zero attached hydrogens (tertiary/aromatic N) is 1. The van der Waals surface area contributed by atoms with Crippen LogP contribution in [0.4, 0.5) is 0 Å². The molecule has 0 aromatic heterocycles. The number of benzene rings is 1. The summed E-state index contributed by atoms with van der Waals surface area (Å²) in [6.45, 7) is 6.33. The highest BCUT2D eigenvalue weighted by Gasteiger charge is 2.21. The number of carbonyl (C=O) groups excluding carboxylic acids is 1. The topological polar surface area (TPSA) is 32.3 Å². The number of amides is 1. The standard InChI is InChI=1S/C15H22N2O/c1-11(2)12-4-6-13(7-5-12)15(18)16-14-8-9-17(3)10-14/h4-7,11,14H,8-10H2,1-3H3,(H,16,18). The van der Waals surface area contributed by atoms with Crippen molar-refractivity contribution in [3.63, 3.8) is 0 Å². The van der Waals surface area contributed by atoms with E-state index < -0.39 is 0 Å². The van der Waals surface area contributed by atoms with Gasteiger partial charge in [0.2, 0.25) is 0 Å². The molecule has 18 heavy (non-hydrogen) atoms. The SMILES string of the molecule is CC(C)c1ccc(C(=O)NC2CCN(C)C2)cc1. The molecular weight excluding hydrogens is 224 g/mol. The molecule has 1 unspecified atom stereocenters. The third-order valence-corrected chi connectivity index (χ3v) is 3.57. The molecule has 1 aliphatic rings. The van der Waals surface area contributed by atoms with Crippen molar-refractivity contribution < 1.29 is 4.79 Å². The first kappa shape index (κ1) is 13.1. The molecule has 1 N–H and O–H groups in total. The van der Waals surface area contributed by atoms with Gasteiger partial charge in [-0.1, -0.05) is 26.0 Å². The highest BCUT2D eigenvalue weighted by atomic mass is 16.1. The number of hydrogen-bond donors (Lipinski definition) is 1. The van der Waals surface area contributed by atoms with E-state index in [9.17, 15) is 4.79 Å². The van der Waals surface area contributed by atoms with Gasteiger partial charge < -0.3 is 10.2 Å². The first-order valence-electron chi connectivity index (χ1n) is 6.65. The summed E-state index contributed by atoms with van der Waals surface area (Å²) < 4.78 is 0. The number of rotatable bonds is 3. The number of nitrogens with one attached hydrogen (secondary N) is 1. The molecule has 0 radical (unpaired) electrons. The maximum atomic E-state index is 12.1. The molecule has 1 aliphatic heterocycles. The van der Waals surface area contributed by atoms with Gasteiger partial charge in [0.15, 0.2) is 0 Å². The molecule has 1 fully saturated rings. The van der Waals surface area contributed by atoms with Crippen LogP contribution in [0.2, 0.25) is 0 Å². The number of likely N-dealkylation sites (tertiary alicyclic amines) is 1. The zero-order chi connectivity index (χ0) is 13.1. The normalized spacial score (nSPS) is 20.3. The minimum Gasteiger partial charge on any atom is -0.348 e. The third kappa shape index (κ3) is 3.10. The molecule has 1 aromatic carbocycles. The van der Waals surface area contributed by atoms with Gasteiger partial charge in [0.05, 0.1) is 0 Å². The van der Waals surface area contributed by atoms with Gasteiger partial charge in [0, 0.05) is 18.2 Å². The molecule has 1 atom stereocenters. The minimum absolute atomic E-state index is 0.0469. The lowest BCUT2D eigenvalue weighted by Crippen LogP contribution is -2.36. The van der Waals surface area contributed by atoms with Crippen molar-refractivity contribution >= 4 is 5.91 Å². The zero-order valence-electron chi connectivity index (χ0n) is 11.4. The molecule has 98 valence electrons.